The number of fused-ring (bicyclic) bond motifs is 2. The number of amides is 3. The van der Waals surface area contributed by atoms with Gasteiger partial charge in [0.1, 0.15) is 11.6 Å². The lowest BCUT2D eigenvalue weighted by molar-refractivity contribution is -0.158. The van der Waals surface area contributed by atoms with Gasteiger partial charge in [0.15, 0.2) is 0 Å². The summed E-state index contributed by atoms with van der Waals surface area (Å²) in [6.45, 7) is 14.7. The molecule has 1 N–H and O–H groups in total. The SMILES string of the molecule is CC[C@]12C=CCN(c3ccccc3)C(=O)[C@H]1[C@H]1C(=O)N([C@H](C)CO)C3C(=O)N(C(C)(C)CC(C)(C)C)CC=C[C@@]31O2. The molecule has 6 atom stereocenters. The average molecular weight is 564 g/mol. The van der Waals surface area contributed by atoms with Crippen LogP contribution in [0.1, 0.15) is 61.3 Å². The molecule has 4 aliphatic rings. The molecular weight excluding hydrogens is 518 g/mol. The first-order chi connectivity index (χ1) is 19.2. The summed E-state index contributed by atoms with van der Waals surface area (Å²) in [5.41, 5.74) is -2.18. The fourth-order valence-corrected chi connectivity index (χ4v) is 8.04. The van der Waals surface area contributed by atoms with E-state index in [1.807, 2.05) is 66.5 Å². The lowest BCUT2D eigenvalue weighted by atomic mass is 9.72. The van der Waals surface area contributed by atoms with E-state index >= 15 is 0 Å². The summed E-state index contributed by atoms with van der Waals surface area (Å²) >= 11 is 0. The van der Waals surface area contributed by atoms with Crippen LogP contribution in [-0.2, 0) is 19.1 Å². The summed E-state index contributed by atoms with van der Waals surface area (Å²) in [5.74, 6) is -2.45. The highest BCUT2D eigenvalue weighted by Crippen LogP contribution is 2.59. The van der Waals surface area contributed by atoms with Gasteiger partial charge < -0.3 is 24.5 Å². The number of hydrogen-bond acceptors (Lipinski definition) is 5. The highest BCUT2D eigenvalue weighted by molar-refractivity contribution is 6.04. The molecule has 2 fully saturated rings. The van der Waals surface area contributed by atoms with Crippen LogP contribution in [0.2, 0.25) is 0 Å². The van der Waals surface area contributed by atoms with Crippen LogP contribution >= 0.6 is 0 Å². The third kappa shape index (κ3) is 4.54. The molecule has 0 saturated carbocycles. The number of anilines is 1. The van der Waals surface area contributed by atoms with E-state index < -0.39 is 40.7 Å². The second kappa shape index (κ2) is 10.1. The van der Waals surface area contributed by atoms with Gasteiger partial charge in [0, 0.05) is 24.3 Å². The third-order valence-electron chi connectivity index (χ3n) is 9.38. The van der Waals surface area contributed by atoms with Crippen molar-refractivity contribution in [3.05, 3.63) is 54.6 Å². The van der Waals surface area contributed by atoms with Gasteiger partial charge >= 0.3 is 0 Å². The Balaban J connectivity index is 1.66. The molecule has 1 aromatic rings. The Morgan fingerprint density at radius 2 is 1.61 bits per heavy atom. The maximum Gasteiger partial charge on any atom is 0.249 e. The van der Waals surface area contributed by atoms with E-state index in [2.05, 4.69) is 34.6 Å². The van der Waals surface area contributed by atoms with Crippen LogP contribution in [0, 0.1) is 17.3 Å². The smallest absolute Gasteiger partial charge is 0.249 e. The lowest BCUT2D eigenvalue weighted by Gasteiger charge is -2.45. The topological polar surface area (TPSA) is 90.4 Å². The van der Waals surface area contributed by atoms with Crippen LogP contribution in [0.5, 0.6) is 0 Å². The normalized spacial score (nSPS) is 32.5. The number of carbonyl (C=O) groups excluding carboxylic acids is 3. The van der Waals surface area contributed by atoms with E-state index in [4.69, 9.17) is 4.74 Å². The first-order valence-corrected chi connectivity index (χ1v) is 14.9. The highest BCUT2D eigenvalue weighted by atomic mass is 16.5. The molecule has 0 aromatic heterocycles. The minimum atomic E-state index is -1.34. The van der Waals surface area contributed by atoms with Crippen LogP contribution in [0.3, 0.4) is 0 Å². The molecular formula is C33H45N3O5. The van der Waals surface area contributed by atoms with Gasteiger partial charge in [0.25, 0.3) is 0 Å². The van der Waals surface area contributed by atoms with E-state index in [9.17, 15) is 19.5 Å². The molecule has 1 aromatic carbocycles. The number of carbonyl (C=O) groups is 3. The van der Waals surface area contributed by atoms with Crippen molar-refractivity contribution < 1.29 is 24.2 Å². The average Bonchev–Trinajstić information content (AvgIpc) is 3.20. The zero-order valence-electron chi connectivity index (χ0n) is 25.5. The molecule has 0 aliphatic carbocycles. The van der Waals surface area contributed by atoms with Crippen LogP contribution in [0.4, 0.5) is 5.69 Å². The number of aliphatic hydroxyl groups excluding tert-OH is 1. The summed E-state index contributed by atoms with van der Waals surface area (Å²) in [6.07, 6.45) is 8.93. The van der Waals surface area contributed by atoms with Crippen molar-refractivity contribution >= 4 is 23.4 Å². The van der Waals surface area contributed by atoms with Gasteiger partial charge in [-0.25, -0.2) is 0 Å². The largest absolute Gasteiger partial charge is 0.394 e. The van der Waals surface area contributed by atoms with Crippen molar-refractivity contribution in [2.75, 3.05) is 24.6 Å². The van der Waals surface area contributed by atoms with Gasteiger partial charge in [-0.05, 0) is 51.2 Å². The summed E-state index contributed by atoms with van der Waals surface area (Å²) in [6, 6.07) is 7.83. The van der Waals surface area contributed by atoms with E-state index in [-0.39, 0.29) is 29.7 Å². The van der Waals surface area contributed by atoms with Crippen LogP contribution in [-0.4, -0.2) is 81.1 Å². The monoisotopic (exact) mass is 563 g/mol. The molecule has 2 saturated heterocycles. The Morgan fingerprint density at radius 1 is 0.951 bits per heavy atom. The quantitative estimate of drug-likeness (QED) is 0.530. The maximum atomic E-state index is 14.7. The van der Waals surface area contributed by atoms with Crippen molar-refractivity contribution in [1.29, 1.82) is 0 Å². The number of hydrogen-bond donors (Lipinski definition) is 1. The molecule has 8 nitrogen and oxygen atoms in total. The fraction of sp³-hybridized carbons (Fsp3) is 0.606. The molecule has 3 amide bonds. The van der Waals surface area contributed by atoms with Crippen LogP contribution < -0.4 is 4.90 Å². The van der Waals surface area contributed by atoms with Crippen molar-refractivity contribution in [2.45, 2.75) is 90.1 Å². The predicted molar refractivity (Wildman–Crippen MR) is 158 cm³/mol. The van der Waals surface area contributed by atoms with E-state index in [0.717, 1.165) is 12.1 Å². The Kier molecular flexibility index (Phi) is 7.26. The van der Waals surface area contributed by atoms with E-state index in [0.29, 0.717) is 19.5 Å². The lowest BCUT2D eigenvalue weighted by Crippen LogP contribution is -2.61. The molecule has 4 aliphatic heterocycles. The summed E-state index contributed by atoms with van der Waals surface area (Å²) in [4.78, 5) is 48.8. The molecule has 1 spiro atoms. The minimum absolute atomic E-state index is 0.0367. The van der Waals surface area contributed by atoms with Gasteiger partial charge in [0.05, 0.1) is 30.1 Å². The zero-order chi connectivity index (χ0) is 30.0. The predicted octanol–water partition coefficient (Wildman–Crippen LogP) is 3.94. The number of para-hydroxylation sites is 1. The standard InChI is InChI=1S/C33H45N3O5/c1-8-32-16-12-18-34(23-14-10-9-11-15-23)27(38)24(32)25-28(39)36(22(2)20-37)26-29(40)35(19-13-17-33(25,26)41-32)31(6,7)21-30(3,4)5/h9-17,22,24-26,37H,8,18-21H2,1-7H3/t22-,24-,25+,26?,32+,33+/m1/s1. The summed E-state index contributed by atoms with van der Waals surface area (Å²) < 4.78 is 7.05. The Hall–Kier alpha value is -2.97. The molecule has 41 heavy (non-hydrogen) atoms. The number of nitrogens with zero attached hydrogens (tertiary/aromatic N) is 3. The number of rotatable bonds is 6. The first kappa shape index (κ1) is 29.5. The molecule has 1 unspecified atom stereocenters. The molecule has 8 heteroatoms. The molecule has 4 heterocycles. The van der Waals surface area contributed by atoms with E-state index in [1.165, 1.54) is 4.90 Å². The molecule has 0 radical (unpaired) electrons. The number of ether oxygens (including phenoxy) is 1. The van der Waals surface area contributed by atoms with Crippen LogP contribution in [0.15, 0.2) is 54.6 Å². The number of likely N-dealkylation sites (tertiary alicyclic amines) is 1. The highest BCUT2D eigenvalue weighted by Gasteiger charge is 2.76. The third-order valence-corrected chi connectivity index (χ3v) is 9.38. The maximum absolute atomic E-state index is 14.7. The van der Waals surface area contributed by atoms with E-state index in [1.54, 1.807) is 11.8 Å². The first-order valence-electron chi connectivity index (χ1n) is 14.9. The molecule has 222 valence electrons. The number of benzene rings is 1. The van der Waals surface area contributed by atoms with Gasteiger partial charge in [-0.15, -0.1) is 0 Å². The molecule has 5 rings (SSSR count). The van der Waals surface area contributed by atoms with Gasteiger partial charge in [-0.1, -0.05) is 70.2 Å². The van der Waals surface area contributed by atoms with Gasteiger partial charge in [-0.3, -0.25) is 14.4 Å². The Labute approximate surface area is 244 Å². The van der Waals surface area contributed by atoms with Gasteiger partial charge in [0.2, 0.25) is 17.7 Å². The van der Waals surface area contributed by atoms with Crippen molar-refractivity contribution in [2.24, 2.45) is 17.3 Å². The number of aliphatic hydroxyl groups is 1. The second-order valence-corrected chi connectivity index (χ2v) is 14.0. The van der Waals surface area contributed by atoms with Crippen molar-refractivity contribution in [3.8, 4) is 0 Å². The minimum Gasteiger partial charge on any atom is -0.394 e. The Bertz CT molecular complexity index is 1270. The van der Waals surface area contributed by atoms with Crippen LogP contribution in [0.25, 0.3) is 0 Å². The Morgan fingerprint density at radius 3 is 2.22 bits per heavy atom. The molecule has 0 bridgehead atoms. The van der Waals surface area contributed by atoms with Crippen molar-refractivity contribution in [1.82, 2.24) is 9.80 Å². The van der Waals surface area contributed by atoms with Gasteiger partial charge in [-0.2, -0.15) is 0 Å². The van der Waals surface area contributed by atoms with Crippen molar-refractivity contribution in [3.63, 3.8) is 0 Å². The summed E-state index contributed by atoms with van der Waals surface area (Å²) in [5, 5.41) is 10.3. The fourth-order valence-electron chi connectivity index (χ4n) is 8.04. The second-order valence-electron chi connectivity index (χ2n) is 14.0. The summed E-state index contributed by atoms with van der Waals surface area (Å²) in [7, 11) is 0. The zero-order valence-corrected chi connectivity index (χ0v) is 25.5.